The second-order valence-corrected chi connectivity index (χ2v) is 8.52. The normalized spacial score (nSPS) is 27.3. The Balaban J connectivity index is 2.02. The van der Waals surface area contributed by atoms with Crippen LogP contribution in [0.3, 0.4) is 0 Å². The smallest absolute Gasteiger partial charge is 0.440 e. The summed E-state index contributed by atoms with van der Waals surface area (Å²) in [7, 11) is 3.80. The average Bonchev–Trinajstić information content (AvgIpc) is 3.04. The lowest BCUT2D eigenvalue weighted by atomic mass is 9.77. The summed E-state index contributed by atoms with van der Waals surface area (Å²) in [5.74, 6) is -2.98. The molecule has 3 rings (SSSR count). The molecule has 0 unspecified atom stereocenters. The van der Waals surface area contributed by atoms with Crippen molar-refractivity contribution in [3.05, 3.63) is 17.7 Å². The van der Waals surface area contributed by atoms with E-state index in [1.54, 1.807) is 17.6 Å². The predicted molar refractivity (Wildman–Crippen MR) is 114 cm³/mol. The molecule has 2 N–H and O–H groups in total. The minimum atomic E-state index is -5.32. The van der Waals surface area contributed by atoms with Gasteiger partial charge in [0.05, 0.1) is 26.9 Å². The van der Waals surface area contributed by atoms with Crippen molar-refractivity contribution >= 4 is 17.8 Å². The van der Waals surface area contributed by atoms with Gasteiger partial charge in [-0.05, 0) is 30.4 Å². The third kappa shape index (κ3) is 3.98. The number of methoxy groups -OCH3 is 3. The van der Waals surface area contributed by atoms with E-state index in [2.05, 4.69) is 0 Å². The van der Waals surface area contributed by atoms with Gasteiger partial charge in [-0.2, -0.15) is 13.2 Å². The number of ether oxygens (including phenoxy) is 3. The number of carbonyl (C=O) groups excluding carboxylic acids is 3. The van der Waals surface area contributed by atoms with Gasteiger partial charge in [0, 0.05) is 6.04 Å². The van der Waals surface area contributed by atoms with Gasteiger partial charge in [-0.25, -0.2) is 4.79 Å². The van der Waals surface area contributed by atoms with Crippen LogP contribution in [0.1, 0.15) is 43.5 Å². The first-order valence-electron chi connectivity index (χ1n) is 10.8. The van der Waals surface area contributed by atoms with Gasteiger partial charge in [-0.1, -0.05) is 26.7 Å². The Hall–Kier alpha value is -3.18. The van der Waals surface area contributed by atoms with Gasteiger partial charge in [0.2, 0.25) is 5.75 Å². The van der Waals surface area contributed by atoms with Crippen molar-refractivity contribution < 1.29 is 41.8 Å². The lowest BCUT2D eigenvalue weighted by Gasteiger charge is -2.38. The van der Waals surface area contributed by atoms with Crippen LogP contribution < -0.4 is 24.8 Å². The van der Waals surface area contributed by atoms with Crippen LogP contribution in [0, 0.1) is 11.8 Å². The molecule has 2 fully saturated rings. The van der Waals surface area contributed by atoms with Crippen LogP contribution >= 0.6 is 0 Å². The molecule has 0 bridgehead atoms. The second kappa shape index (κ2) is 9.22. The Morgan fingerprint density at radius 2 is 1.74 bits per heavy atom. The molecule has 1 aliphatic carbocycles. The van der Waals surface area contributed by atoms with Crippen molar-refractivity contribution in [3.63, 3.8) is 0 Å². The Morgan fingerprint density at radius 3 is 2.29 bits per heavy atom. The second-order valence-electron chi connectivity index (χ2n) is 8.52. The van der Waals surface area contributed by atoms with Gasteiger partial charge in [-0.3, -0.25) is 19.8 Å². The van der Waals surface area contributed by atoms with Gasteiger partial charge >= 0.3 is 12.2 Å². The van der Waals surface area contributed by atoms with E-state index in [0.717, 1.165) is 6.42 Å². The topological polar surface area (TPSA) is 106 Å². The van der Waals surface area contributed by atoms with Gasteiger partial charge in [0.25, 0.3) is 17.5 Å². The molecule has 1 aromatic rings. The molecule has 1 aliphatic heterocycles. The molecule has 9 nitrogen and oxygen atoms in total. The van der Waals surface area contributed by atoms with E-state index in [1.165, 1.54) is 33.5 Å². The number of amides is 4. The molecule has 1 heterocycles. The number of hydrogen-bond acceptors (Lipinski definition) is 6. The van der Waals surface area contributed by atoms with Crippen molar-refractivity contribution in [2.45, 2.75) is 51.0 Å². The van der Waals surface area contributed by atoms with E-state index < -0.39 is 35.7 Å². The van der Waals surface area contributed by atoms with Crippen LogP contribution in [0.15, 0.2) is 12.1 Å². The summed E-state index contributed by atoms with van der Waals surface area (Å²) in [4.78, 5) is 39.6. The van der Waals surface area contributed by atoms with Crippen LogP contribution in [-0.2, 0) is 4.79 Å². The Bertz CT molecular complexity index is 985. The van der Waals surface area contributed by atoms with Crippen molar-refractivity contribution in [1.29, 1.82) is 0 Å². The number of benzene rings is 1. The summed E-state index contributed by atoms with van der Waals surface area (Å²) in [5, 5.41) is 3.44. The Morgan fingerprint density at radius 1 is 1.09 bits per heavy atom. The van der Waals surface area contributed by atoms with E-state index in [-0.39, 0.29) is 34.6 Å². The van der Waals surface area contributed by atoms with Crippen molar-refractivity contribution in [3.8, 4) is 17.2 Å². The molecule has 1 saturated heterocycles. The first-order valence-corrected chi connectivity index (χ1v) is 10.8. The third-order valence-electron chi connectivity index (χ3n) is 6.72. The van der Waals surface area contributed by atoms with Gasteiger partial charge in [0.1, 0.15) is 0 Å². The number of nitrogens with one attached hydrogen (secondary N) is 2. The fraction of sp³-hybridized carbons (Fsp3) is 0.591. The Labute approximate surface area is 194 Å². The maximum Gasteiger partial charge on any atom is 0.440 e. The van der Waals surface area contributed by atoms with Gasteiger partial charge in [-0.15, -0.1) is 0 Å². The number of imide groups is 1. The van der Waals surface area contributed by atoms with Crippen LogP contribution in [0.25, 0.3) is 0 Å². The zero-order valence-corrected chi connectivity index (χ0v) is 19.5. The molecule has 0 radical (unpaired) electrons. The number of alkyl halides is 3. The fourth-order valence-electron chi connectivity index (χ4n) is 4.63. The first-order chi connectivity index (χ1) is 15.9. The molecule has 0 aromatic heterocycles. The number of carbonyl (C=O) groups is 3. The predicted octanol–water partition coefficient (Wildman–Crippen LogP) is 3.08. The maximum absolute atomic E-state index is 14.3. The maximum atomic E-state index is 14.3. The van der Waals surface area contributed by atoms with Crippen LogP contribution in [-0.4, -0.2) is 62.0 Å². The van der Waals surface area contributed by atoms with Gasteiger partial charge in [0.15, 0.2) is 11.5 Å². The van der Waals surface area contributed by atoms with E-state index in [9.17, 15) is 27.6 Å². The molecule has 4 atom stereocenters. The molecule has 188 valence electrons. The fourth-order valence-corrected chi connectivity index (χ4v) is 4.63. The number of nitrogens with zero attached hydrogens (tertiary/aromatic N) is 1. The van der Waals surface area contributed by atoms with E-state index in [0.29, 0.717) is 17.7 Å². The van der Waals surface area contributed by atoms with Crippen LogP contribution in [0.5, 0.6) is 17.2 Å². The zero-order chi connectivity index (χ0) is 25.4. The monoisotopic (exact) mass is 487 g/mol. The first kappa shape index (κ1) is 25.4. The Kier molecular flexibility index (Phi) is 6.90. The summed E-state index contributed by atoms with van der Waals surface area (Å²) in [6.07, 6.45) is -3.42. The average molecular weight is 487 g/mol. The quantitative estimate of drug-likeness (QED) is 0.598. The molecule has 4 amide bonds. The van der Waals surface area contributed by atoms with E-state index in [1.807, 2.05) is 6.92 Å². The van der Waals surface area contributed by atoms with E-state index >= 15 is 0 Å². The lowest BCUT2D eigenvalue weighted by Crippen LogP contribution is -2.69. The van der Waals surface area contributed by atoms with E-state index in [4.69, 9.17) is 14.2 Å². The number of hydrogen-bond donors (Lipinski definition) is 2. The molecular formula is C22H28F3N3O6. The highest BCUT2D eigenvalue weighted by atomic mass is 19.4. The zero-order valence-electron chi connectivity index (χ0n) is 19.5. The van der Waals surface area contributed by atoms with Gasteiger partial charge < -0.3 is 19.5 Å². The number of rotatable bonds is 6. The number of urea groups is 1. The van der Waals surface area contributed by atoms with Crippen molar-refractivity contribution in [2.75, 3.05) is 21.3 Å². The minimum absolute atomic E-state index is 0.0212. The van der Waals surface area contributed by atoms with Crippen LogP contribution in [0.2, 0.25) is 0 Å². The SMILES string of the molecule is COc1ccc(C(=O)N[C@@]2(C(F)(F)F)NC(=O)N([C@@H]3CCC[C@@H](C)[C@H]3C)C2=O)c(OC)c1OC. The third-order valence-corrected chi connectivity index (χ3v) is 6.72. The highest BCUT2D eigenvalue weighted by Crippen LogP contribution is 2.42. The lowest BCUT2D eigenvalue weighted by molar-refractivity contribution is -0.201. The summed E-state index contributed by atoms with van der Waals surface area (Å²) in [5.41, 5.74) is -3.97. The van der Waals surface area contributed by atoms with Crippen molar-refractivity contribution in [2.24, 2.45) is 11.8 Å². The summed E-state index contributed by atoms with van der Waals surface area (Å²) in [6, 6.07) is 0.563. The van der Waals surface area contributed by atoms with Crippen LogP contribution in [0.4, 0.5) is 18.0 Å². The highest BCUT2D eigenvalue weighted by molar-refractivity contribution is 6.11. The highest BCUT2D eigenvalue weighted by Gasteiger charge is 2.70. The molecule has 2 aliphatic rings. The summed E-state index contributed by atoms with van der Waals surface area (Å²) in [6.45, 7) is 3.73. The largest absolute Gasteiger partial charge is 0.493 e. The summed E-state index contributed by atoms with van der Waals surface area (Å²) >= 11 is 0. The molecule has 34 heavy (non-hydrogen) atoms. The molecule has 1 saturated carbocycles. The molecular weight excluding hydrogens is 459 g/mol. The molecule has 1 aromatic carbocycles. The summed E-state index contributed by atoms with van der Waals surface area (Å²) < 4.78 is 58.4. The molecule has 12 heteroatoms. The van der Waals surface area contributed by atoms with Crippen molar-refractivity contribution in [1.82, 2.24) is 15.5 Å². The minimum Gasteiger partial charge on any atom is -0.493 e. The standard InChI is InChI=1S/C22H28F3N3O6/c1-11-7-6-8-14(12(11)2)28-19(30)21(22(23,24)25,27-20(28)31)26-18(29)13-9-10-15(32-3)17(34-5)16(13)33-4/h9-12,14H,6-8H2,1-5H3,(H,26,29)(H,27,31)/t11-,12-,14-,21-/m1/s1. The number of halogens is 3. The molecule has 0 spiro atoms.